The quantitative estimate of drug-likeness (QED) is 0.420. The summed E-state index contributed by atoms with van der Waals surface area (Å²) in [5, 5.41) is 18.3. The Morgan fingerprint density at radius 3 is 2.81 bits per heavy atom. The molecule has 2 N–H and O–H groups in total. The number of nitrogens with one attached hydrogen (secondary N) is 2. The number of halogens is 2. The smallest absolute Gasteiger partial charge is 0.311 e. The van der Waals surface area contributed by atoms with Crippen molar-refractivity contribution < 1.29 is 14.1 Å². The van der Waals surface area contributed by atoms with Gasteiger partial charge in [0, 0.05) is 50.5 Å². The van der Waals surface area contributed by atoms with Gasteiger partial charge in [-0.2, -0.15) is 0 Å². The van der Waals surface area contributed by atoms with Crippen LogP contribution in [0.25, 0.3) is 10.9 Å². The van der Waals surface area contributed by atoms with Crippen molar-refractivity contribution >= 4 is 39.7 Å². The second kappa shape index (κ2) is 9.38. The minimum atomic E-state index is -0.544. The number of hydrogen-bond donors (Lipinski definition) is 2. The number of aromatic nitrogens is 2. The second-order valence-corrected chi connectivity index (χ2v) is 7.42. The Bertz CT molecular complexity index is 1110. The van der Waals surface area contributed by atoms with Gasteiger partial charge in [0.25, 0.3) is 0 Å². The van der Waals surface area contributed by atoms with Crippen molar-refractivity contribution in [2.75, 3.05) is 44.6 Å². The summed E-state index contributed by atoms with van der Waals surface area (Å²) in [6.07, 6.45) is 1.34. The highest BCUT2D eigenvalue weighted by Gasteiger charge is 2.20. The van der Waals surface area contributed by atoms with Crippen LogP contribution in [0.1, 0.15) is 0 Å². The van der Waals surface area contributed by atoms with Crippen LogP contribution in [0.5, 0.6) is 5.75 Å². The first kappa shape index (κ1) is 21.2. The van der Waals surface area contributed by atoms with Crippen LogP contribution < -0.4 is 15.4 Å². The van der Waals surface area contributed by atoms with Crippen LogP contribution in [0.3, 0.4) is 0 Å². The van der Waals surface area contributed by atoms with Gasteiger partial charge in [0.2, 0.25) is 0 Å². The number of rotatable bonds is 7. The summed E-state index contributed by atoms with van der Waals surface area (Å²) < 4.78 is 19.2. The Hall–Kier alpha value is -3.08. The molecule has 2 heterocycles. The number of anilines is 2. The maximum atomic E-state index is 13.4. The van der Waals surface area contributed by atoms with Gasteiger partial charge < -0.3 is 15.4 Å². The molecule has 0 spiro atoms. The zero-order valence-corrected chi connectivity index (χ0v) is 17.2. The van der Waals surface area contributed by atoms with Crippen LogP contribution in [0.15, 0.2) is 36.7 Å². The zero-order chi connectivity index (χ0) is 21.8. The molecule has 1 fully saturated rings. The molecule has 1 aromatic heterocycles. The molecule has 1 saturated heterocycles. The van der Waals surface area contributed by atoms with E-state index in [4.69, 9.17) is 16.3 Å². The Morgan fingerprint density at radius 2 is 2.06 bits per heavy atom. The van der Waals surface area contributed by atoms with Crippen LogP contribution in [0.2, 0.25) is 5.02 Å². The third-order valence-corrected chi connectivity index (χ3v) is 5.26. The van der Waals surface area contributed by atoms with Gasteiger partial charge in [0.1, 0.15) is 24.6 Å². The zero-order valence-electron chi connectivity index (χ0n) is 16.5. The van der Waals surface area contributed by atoms with Gasteiger partial charge in [-0.05, 0) is 18.2 Å². The summed E-state index contributed by atoms with van der Waals surface area (Å²) in [6, 6.07) is 7.05. The van der Waals surface area contributed by atoms with E-state index in [-0.39, 0.29) is 16.5 Å². The van der Waals surface area contributed by atoms with Crippen LogP contribution in [0.4, 0.5) is 21.6 Å². The molecular formula is C20H20ClFN6O3. The Morgan fingerprint density at radius 1 is 1.26 bits per heavy atom. The Labute approximate surface area is 182 Å². The SMILES string of the molecule is O=[N+]([O-])c1cc2c(Nc3ccc(F)c(Cl)c3)ncnc2cc1OCCN1CCNCC1. The molecule has 0 radical (unpaired) electrons. The lowest BCUT2D eigenvalue weighted by molar-refractivity contribution is -0.385. The van der Waals surface area contributed by atoms with Gasteiger partial charge in [-0.25, -0.2) is 14.4 Å². The van der Waals surface area contributed by atoms with Crippen molar-refractivity contribution in [3.05, 3.63) is 57.6 Å². The van der Waals surface area contributed by atoms with E-state index < -0.39 is 10.7 Å². The minimum Gasteiger partial charge on any atom is -0.485 e. The lowest BCUT2D eigenvalue weighted by Crippen LogP contribution is -2.44. The molecule has 1 aliphatic rings. The van der Waals surface area contributed by atoms with Crippen LogP contribution in [-0.2, 0) is 0 Å². The summed E-state index contributed by atoms with van der Waals surface area (Å²) in [4.78, 5) is 21.8. The standard InChI is InChI=1S/C20H20ClFN6O3/c21-15-9-13(1-2-16(15)22)26-20-14-10-18(28(29)30)19(11-17(14)24-12-25-20)31-8-7-27-5-3-23-4-6-27/h1-2,9-12,23H,3-8H2,(H,24,25,26). The van der Waals surface area contributed by atoms with Crippen molar-refractivity contribution in [3.63, 3.8) is 0 Å². The molecule has 11 heteroatoms. The fourth-order valence-electron chi connectivity index (χ4n) is 3.36. The average molecular weight is 447 g/mol. The van der Waals surface area contributed by atoms with Crippen molar-refractivity contribution in [1.29, 1.82) is 0 Å². The molecule has 0 saturated carbocycles. The Balaban J connectivity index is 1.59. The molecule has 9 nitrogen and oxygen atoms in total. The van der Waals surface area contributed by atoms with E-state index in [1.807, 2.05) is 0 Å². The fourth-order valence-corrected chi connectivity index (χ4v) is 3.54. The van der Waals surface area contributed by atoms with Gasteiger partial charge in [0.15, 0.2) is 5.75 Å². The molecular weight excluding hydrogens is 427 g/mol. The first-order valence-corrected chi connectivity index (χ1v) is 10.1. The minimum absolute atomic E-state index is 0.0467. The number of nitrogens with zero attached hydrogens (tertiary/aromatic N) is 4. The number of hydrogen-bond acceptors (Lipinski definition) is 8. The molecule has 0 aliphatic carbocycles. The molecule has 3 aromatic rings. The number of nitro groups is 1. The van der Waals surface area contributed by atoms with Gasteiger partial charge in [-0.15, -0.1) is 0 Å². The maximum Gasteiger partial charge on any atom is 0.311 e. The summed E-state index contributed by atoms with van der Waals surface area (Å²) in [5.41, 5.74) is 0.793. The summed E-state index contributed by atoms with van der Waals surface area (Å²) in [7, 11) is 0. The molecule has 2 aromatic carbocycles. The lowest BCUT2D eigenvalue weighted by Gasteiger charge is -2.26. The topological polar surface area (TPSA) is 105 Å². The van der Waals surface area contributed by atoms with Crippen molar-refractivity contribution in [1.82, 2.24) is 20.2 Å². The number of piperazine rings is 1. The summed E-state index contributed by atoms with van der Waals surface area (Å²) in [5.74, 6) is -0.0525. The van der Waals surface area contributed by atoms with Crippen LogP contribution in [0, 0.1) is 15.9 Å². The van der Waals surface area contributed by atoms with Crippen LogP contribution in [-0.4, -0.2) is 59.1 Å². The van der Waals surface area contributed by atoms with E-state index in [2.05, 4.69) is 25.5 Å². The van der Waals surface area contributed by atoms with Gasteiger partial charge in [-0.1, -0.05) is 11.6 Å². The third kappa shape index (κ3) is 4.98. The number of nitro benzene ring substituents is 1. The maximum absolute atomic E-state index is 13.4. The van der Waals surface area contributed by atoms with Crippen molar-refractivity contribution in [2.24, 2.45) is 0 Å². The Kier molecular flexibility index (Phi) is 6.40. The van der Waals surface area contributed by atoms with Crippen molar-refractivity contribution in [3.8, 4) is 5.75 Å². The van der Waals surface area contributed by atoms with Crippen molar-refractivity contribution in [2.45, 2.75) is 0 Å². The van der Waals surface area contributed by atoms with Crippen LogP contribution >= 0.6 is 11.6 Å². The van der Waals surface area contributed by atoms with E-state index in [0.29, 0.717) is 35.6 Å². The first-order chi connectivity index (χ1) is 15.0. The molecule has 1 aliphatic heterocycles. The molecule has 4 rings (SSSR count). The number of ether oxygens (including phenoxy) is 1. The second-order valence-electron chi connectivity index (χ2n) is 7.01. The monoisotopic (exact) mass is 446 g/mol. The third-order valence-electron chi connectivity index (χ3n) is 4.97. The fraction of sp³-hybridized carbons (Fsp3) is 0.300. The average Bonchev–Trinajstić information content (AvgIpc) is 2.76. The highest BCUT2D eigenvalue weighted by atomic mass is 35.5. The largest absolute Gasteiger partial charge is 0.485 e. The number of fused-ring (bicyclic) bond motifs is 1. The van der Waals surface area contributed by atoms with E-state index >= 15 is 0 Å². The normalized spacial score (nSPS) is 14.5. The predicted octanol–water partition coefficient (Wildman–Crippen LogP) is 3.36. The predicted molar refractivity (Wildman–Crippen MR) is 116 cm³/mol. The molecule has 0 unspecified atom stereocenters. The van der Waals surface area contributed by atoms with Gasteiger partial charge in [-0.3, -0.25) is 15.0 Å². The number of benzene rings is 2. The van der Waals surface area contributed by atoms with E-state index in [1.54, 1.807) is 0 Å². The molecule has 31 heavy (non-hydrogen) atoms. The highest BCUT2D eigenvalue weighted by molar-refractivity contribution is 6.31. The van der Waals surface area contributed by atoms with E-state index in [1.165, 1.54) is 36.7 Å². The molecule has 0 amide bonds. The highest BCUT2D eigenvalue weighted by Crippen LogP contribution is 2.35. The molecule has 162 valence electrons. The first-order valence-electron chi connectivity index (χ1n) is 9.72. The molecule has 0 atom stereocenters. The van der Waals surface area contributed by atoms with Gasteiger partial charge in [0.05, 0.1) is 20.8 Å². The van der Waals surface area contributed by atoms with E-state index in [9.17, 15) is 14.5 Å². The van der Waals surface area contributed by atoms with E-state index in [0.717, 1.165) is 26.2 Å². The lowest BCUT2D eigenvalue weighted by atomic mass is 10.2. The summed E-state index contributed by atoms with van der Waals surface area (Å²) >= 11 is 5.83. The molecule has 0 bridgehead atoms. The van der Waals surface area contributed by atoms with Gasteiger partial charge >= 0.3 is 5.69 Å². The summed E-state index contributed by atoms with van der Waals surface area (Å²) in [6.45, 7) is 4.68.